The fourth-order valence-electron chi connectivity index (χ4n) is 9.23. The van der Waals surface area contributed by atoms with Gasteiger partial charge in [0.05, 0.1) is 12.4 Å². The number of guanidine groups is 2. The number of nitrogens with zero attached hydrogens (tertiary/aromatic N) is 4. The molecular weight excluding hydrogens is 1090 g/mol. The lowest BCUT2D eigenvalue weighted by atomic mass is 9.99. The van der Waals surface area contributed by atoms with Crippen molar-refractivity contribution in [3.8, 4) is 5.75 Å². The molecule has 0 radical (unpaired) electrons. The fourth-order valence-corrected chi connectivity index (χ4v) is 9.23. The number of benzene rings is 2. The molecule has 1 fully saturated rings. The number of rotatable bonds is 34. The smallest absolute Gasteiger partial charge is 0.326 e. The summed E-state index contributed by atoms with van der Waals surface area (Å²) in [7, 11) is 0. The lowest BCUT2D eigenvalue weighted by molar-refractivity contribution is -0.143. The quantitative estimate of drug-likeness (QED) is 0.0177. The zero-order valence-electron chi connectivity index (χ0n) is 48.3. The third kappa shape index (κ3) is 22.5. The number of amides is 8. The summed E-state index contributed by atoms with van der Waals surface area (Å²) in [5, 5.41) is 38.8. The predicted molar refractivity (Wildman–Crippen MR) is 313 cm³/mol. The number of carboxylic acid groups (broad SMARTS) is 1. The van der Waals surface area contributed by atoms with Gasteiger partial charge in [0.25, 0.3) is 0 Å². The van der Waals surface area contributed by atoms with E-state index in [-0.39, 0.29) is 107 Å². The first-order valence-corrected chi connectivity index (χ1v) is 28.2. The van der Waals surface area contributed by atoms with Crippen molar-refractivity contribution in [2.24, 2.45) is 50.5 Å². The van der Waals surface area contributed by atoms with Crippen molar-refractivity contribution in [1.29, 1.82) is 0 Å². The number of imidazole rings is 1. The molecular formula is C56H85N17O11. The van der Waals surface area contributed by atoms with Crippen molar-refractivity contribution >= 4 is 65.1 Å². The first-order valence-electron chi connectivity index (χ1n) is 28.2. The highest BCUT2D eigenvalue weighted by Gasteiger charge is 2.41. The molecule has 28 heteroatoms. The molecule has 1 aliphatic rings. The van der Waals surface area contributed by atoms with Crippen LogP contribution >= 0.6 is 0 Å². The molecule has 0 aliphatic carbocycles. The van der Waals surface area contributed by atoms with Crippen molar-refractivity contribution in [2.45, 2.75) is 160 Å². The molecule has 10 atom stereocenters. The Labute approximate surface area is 488 Å². The molecule has 84 heavy (non-hydrogen) atoms. The number of carboxylic acids is 1. The van der Waals surface area contributed by atoms with Gasteiger partial charge in [0.2, 0.25) is 47.3 Å². The topological polar surface area (TPSA) is 465 Å². The van der Waals surface area contributed by atoms with Crippen LogP contribution in [0.25, 0.3) is 0 Å². The number of carbonyl (C=O) groups is 9. The monoisotopic (exact) mass is 1170 g/mol. The van der Waals surface area contributed by atoms with E-state index in [2.05, 4.69) is 57.2 Å². The van der Waals surface area contributed by atoms with E-state index in [0.29, 0.717) is 29.7 Å². The zero-order chi connectivity index (χ0) is 62.0. The summed E-state index contributed by atoms with van der Waals surface area (Å²) in [6.45, 7) is 8.84. The van der Waals surface area contributed by atoms with Crippen LogP contribution < -0.4 is 65.9 Å². The highest BCUT2D eigenvalue weighted by atomic mass is 16.4. The lowest BCUT2D eigenvalue weighted by Crippen LogP contribution is -2.60. The molecule has 20 N–H and O–H groups in total. The van der Waals surface area contributed by atoms with E-state index >= 15 is 0 Å². The number of H-pyrrole nitrogens is 1. The number of nitrogens with two attached hydrogens (primary N) is 5. The maximum atomic E-state index is 15.0. The minimum absolute atomic E-state index is 0.0319. The molecule has 2 aromatic carbocycles. The Morgan fingerprint density at radius 1 is 0.655 bits per heavy atom. The van der Waals surface area contributed by atoms with Gasteiger partial charge in [-0.15, -0.1) is 0 Å². The second kappa shape index (κ2) is 33.9. The van der Waals surface area contributed by atoms with Gasteiger partial charge in [-0.2, -0.15) is 0 Å². The van der Waals surface area contributed by atoms with Crippen LogP contribution in [0.5, 0.6) is 5.75 Å². The van der Waals surface area contributed by atoms with Crippen molar-refractivity contribution in [1.82, 2.24) is 52.1 Å². The number of hydrogen-bond donors (Lipinski definition) is 15. The summed E-state index contributed by atoms with van der Waals surface area (Å²) >= 11 is 0. The zero-order valence-corrected chi connectivity index (χ0v) is 48.3. The number of carbonyl (C=O) groups excluding carboxylic acids is 8. The SMILES string of the molecule is CC[C@H](C)[C@H](N)C(=O)N[C@@H](C)C(=O)N[C@@H](CCCN=C(N)N)C(=O)N[C@@H](CCCN=C(N)N)C(=O)N[C@@H](Cc1cnc[nH]1)C(=O)N1CCC[C@H]1C(=O)N[C@@H](Cc1ccc(O)cc1)C(=O)N[C@@H](Cc1ccccc1)C(=O)N[C@@H](CC(C)C)C(=O)O. The molecule has 0 spiro atoms. The van der Waals surface area contributed by atoms with Gasteiger partial charge in [0, 0.05) is 50.8 Å². The number of phenolic OH excluding ortho intramolecular Hbond substituents is 1. The van der Waals surface area contributed by atoms with Gasteiger partial charge in [-0.25, -0.2) is 9.78 Å². The van der Waals surface area contributed by atoms with E-state index < -0.39 is 108 Å². The van der Waals surface area contributed by atoms with Gasteiger partial charge in [0.15, 0.2) is 11.9 Å². The maximum absolute atomic E-state index is 15.0. The molecule has 0 unspecified atom stereocenters. The molecule has 2 heterocycles. The van der Waals surface area contributed by atoms with Crippen LogP contribution in [0.4, 0.5) is 0 Å². The Hall–Kier alpha value is -8.82. The van der Waals surface area contributed by atoms with Crippen LogP contribution in [0.1, 0.15) is 103 Å². The molecule has 460 valence electrons. The van der Waals surface area contributed by atoms with Gasteiger partial charge in [-0.3, -0.25) is 48.3 Å². The minimum Gasteiger partial charge on any atom is -0.508 e. The van der Waals surface area contributed by atoms with E-state index in [1.165, 1.54) is 36.5 Å². The molecule has 0 saturated carbocycles. The number of aliphatic carboxylic acids is 1. The van der Waals surface area contributed by atoms with Crippen molar-refractivity contribution < 1.29 is 53.4 Å². The molecule has 1 saturated heterocycles. The molecule has 0 bridgehead atoms. The first-order chi connectivity index (χ1) is 39.9. The lowest BCUT2D eigenvalue weighted by Gasteiger charge is -2.31. The average Bonchev–Trinajstić information content (AvgIpc) is 3.90. The fraction of sp³-hybridized carbons (Fsp3) is 0.536. The number of aliphatic imine (C=N–C) groups is 2. The minimum atomic E-state index is -1.40. The van der Waals surface area contributed by atoms with E-state index in [1.807, 2.05) is 6.92 Å². The Morgan fingerprint density at radius 3 is 1.69 bits per heavy atom. The highest BCUT2D eigenvalue weighted by Crippen LogP contribution is 2.21. The van der Waals surface area contributed by atoms with E-state index in [4.69, 9.17) is 28.7 Å². The van der Waals surface area contributed by atoms with Gasteiger partial charge in [0.1, 0.15) is 54.1 Å². The molecule has 1 aliphatic heterocycles. The van der Waals surface area contributed by atoms with Gasteiger partial charge < -0.3 is 86.0 Å². The third-order valence-electron chi connectivity index (χ3n) is 14.1. The van der Waals surface area contributed by atoms with Crippen LogP contribution in [0, 0.1) is 11.8 Å². The predicted octanol–water partition coefficient (Wildman–Crippen LogP) is -1.84. The molecule has 1 aromatic heterocycles. The molecule has 4 rings (SSSR count). The normalized spacial score (nSPS) is 16.1. The summed E-state index contributed by atoms with van der Waals surface area (Å²) in [6.07, 6.45) is 3.83. The second-order valence-corrected chi connectivity index (χ2v) is 21.4. The van der Waals surface area contributed by atoms with Crippen LogP contribution in [0.2, 0.25) is 0 Å². The number of nitrogens with one attached hydrogen (secondary N) is 8. The second-order valence-electron chi connectivity index (χ2n) is 21.4. The van der Waals surface area contributed by atoms with Crippen LogP contribution in [0.15, 0.2) is 77.1 Å². The van der Waals surface area contributed by atoms with Crippen molar-refractivity contribution in [2.75, 3.05) is 19.6 Å². The van der Waals surface area contributed by atoms with E-state index in [1.54, 1.807) is 63.2 Å². The summed E-state index contributed by atoms with van der Waals surface area (Å²) in [6, 6.07) is 3.31. The van der Waals surface area contributed by atoms with E-state index in [0.717, 1.165) is 0 Å². The summed E-state index contributed by atoms with van der Waals surface area (Å²) in [5.74, 6) is -8.03. The van der Waals surface area contributed by atoms with Crippen molar-refractivity contribution in [3.63, 3.8) is 0 Å². The third-order valence-corrected chi connectivity index (χ3v) is 14.1. The van der Waals surface area contributed by atoms with Crippen LogP contribution in [0.3, 0.4) is 0 Å². The van der Waals surface area contributed by atoms with E-state index in [9.17, 15) is 53.4 Å². The highest BCUT2D eigenvalue weighted by molar-refractivity contribution is 5.98. The first kappa shape index (κ1) is 67.7. The average molecular weight is 1170 g/mol. The Morgan fingerprint density at radius 2 is 1.17 bits per heavy atom. The number of phenols is 1. The summed E-state index contributed by atoms with van der Waals surface area (Å²) in [5.41, 5.74) is 29.9. The molecule has 3 aromatic rings. The van der Waals surface area contributed by atoms with Gasteiger partial charge in [-0.05, 0) is 87.0 Å². The van der Waals surface area contributed by atoms with Crippen molar-refractivity contribution in [3.05, 3.63) is 83.9 Å². The Kier molecular flexibility index (Phi) is 27.4. The number of likely N-dealkylation sites (tertiary alicyclic amines) is 1. The largest absolute Gasteiger partial charge is 0.508 e. The summed E-state index contributed by atoms with van der Waals surface area (Å²) in [4.78, 5) is 142. The number of aromatic amines is 1. The number of aromatic nitrogens is 2. The molecule has 8 amide bonds. The Balaban J connectivity index is 1.64. The summed E-state index contributed by atoms with van der Waals surface area (Å²) < 4.78 is 0. The number of aromatic hydroxyl groups is 1. The Bertz CT molecular complexity index is 2720. The molecule has 28 nitrogen and oxygen atoms in total. The number of hydrogen-bond acceptors (Lipinski definition) is 14. The maximum Gasteiger partial charge on any atom is 0.326 e. The van der Waals surface area contributed by atoms with Crippen LogP contribution in [-0.2, 0) is 62.4 Å². The van der Waals surface area contributed by atoms with Crippen LogP contribution in [-0.4, -0.2) is 164 Å². The standard InChI is InChI=1S/C56H85N17O11/c1-6-32(4)45(57)52(81)66-33(5)46(75)67-38(15-10-22-63-55(58)59)47(76)68-39(16-11-23-64-56(60)61)48(77)71-42(28-36-29-62-30-65-36)53(82)73-24-12-17-44(73)51(80)70-41(27-35-18-20-37(74)21-19-35)49(78)69-40(26-34-13-8-7-9-14-34)50(79)72-43(54(83)84)25-31(2)3/h7-9,13-14,18-21,29-33,38-45,74H,6,10-12,15-17,22-28,57H2,1-5H3,(H,62,65)(H,66,81)(H,67,75)(H,68,76)(H,69,78)(H,70,80)(H,71,77)(H,72,79)(H,83,84)(H4,58,59,63)(H4,60,61,64)/t32-,33-,38-,39-,40-,41-,42-,43-,44-,45-/m0/s1. The van der Waals surface area contributed by atoms with Gasteiger partial charge >= 0.3 is 5.97 Å². The van der Waals surface area contributed by atoms with Gasteiger partial charge in [-0.1, -0.05) is 76.6 Å².